The van der Waals surface area contributed by atoms with Gasteiger partial charge >= 0.3 is 6.01 Å². The van der Waals surface area contributed by atoms with Gasteiger partial charge in [0.1, 0.15) is 10.7 Å². The Hall–Kier alpha value is -2.39. The van der Waals surface area contributed by atoms with E-state index in [1.54, 1.807) is 12.1 Å². The number of furan rings is 1. The summed E-state index contributed by atoms with van der Waals surface area (Å²) in [6, 6.07) is 5.71. The molecule has 3 aromatic rings. The summed E-state index contributed by atoms with van der Waals surface area (Å²) in [5.41, 5.74) is 0. The summed E-state index contributed by atoms with van der Waals surface area (Å²) in [5, 5.41) is 6.92. The van der Waals surface area contributed by atoms with E-state index in [1.807, 2.05) is 0 Å². The molecule has 0 saturated carbocycles. The van der Waals surface area contributed by atoms with Crippen LogP contribution in [0.5, 0.6) is 0 Å². The maximum atomic E-state index is 13.0. The van der Waals surface area contributed by atoms with Crippen LogP contribution in [0, 0.1) is 5.82 Å². The summed E-state index contributed by atoms with van der Waals surface area (Å²) in [5.74, 6) is -0.354. The summed E-state index contributed by atoms with van der Waals surface area (Å²) in [6.45, 7) is 0. The van der Waals surface area contributed by atoms with Crippen LogP contribution in [0.2, 0.25) is 5.02 Å². The van der Waals surface area contributed by atoms with Crippen LogP contribution in [0.3, 0.4) is 0 Å². The number of nitrogens with zero attached hydrogens (tertiary/aromatic N) is 2. The third-order valence-corrected chi connectivity index (χ3v) is 4.37. The standard InChI is InChI=1S/C12H7ClFN3O4S/c13-8-6-7(14)3-4-10(8)22(18,19)17-12-16-15-11(21-12)9-2-1-5-20-9/h1-6H,(H,16,17). The van der Waals surface area contributed by atoms with Gasteiger partial charge in [0.05, 0.1) is 11.3 Å². The average Bonchev–Trinajstić information content (AvgIpc) is 3.07. The Bertz CT molecular complexity index is 908. The number of benzene rings is 1. The van der Waals surface area contributed by atoms with E-state index >= 15 is 0 Å². The molecule has 1 N–H and O–H groups in total. The second kappa shape index (κ2) is 5.43. The molecular formula is C12H7ClFN3O4S. The van der Waals surface area contributed by atoms with Gasteiger partial charge in [0.25, 0.3) is 15.9 Å². The van der Waals surface area contributed by atoms with E-state index in [9.17, 15) is 12.8 Å². The zero-order valence-corrected chi connectivity index (χ0v) is 12.2. The number of halogens is 2. The molecule has 10 heteroatoms. The Balaban J connectivity index is 1.89. The number of sulfonamides is 1. The first-order valence-corrected chi connectivity index (χ1v) is 7.67. The first-order chi connectivity index (χ1) is 10.5. The molecule has 0 amide bonds. The van der Waals surface area contributed by atoms with Gasteiger partial charge in [-0.15, -0.1) is 5.10 Å². The van der Waals surface area contributed by atoms with Gasteiger partial charge in [0.2, 0.25) is 0 Å². The largest absolute Gasteiger partial charge is 0.459 e. The van der Waals surface area contributed by atoms with Crippen LogP contribution in [-0.4, -0.2) is 18.6 Å². The van der Waals surface area contributed by atoms with E-state index in [0.29, 0.717) is 0 Å². The van der Waals surface area contributed by atoms with Gasteiger partial charge in [-0.3, -0.25) is 0 Å². The highest BCUT2D eigenvalue weighted by molar-refractivity contribution is 7.92. The number of nitrogens with one attached hydrogen (secondary N) is 1. The molecule has 22 heavy (non-hydrogen) atoms. The molecule has 0 fully saturated rings. The van der Waals surface area contributed by atoms with E-state index in [4.69, 9.17) is 20.4 Å². The van der Waals surface area contributed by atoms with E-state index < -0.39 is 15.8 Å². The van der Waals surface area contributed by atoms with Crippen LogP contribution in [0.1, 0.15) is 0 Å². The highest BCUT2D eigenvalue weighted by Crippen LogP contribution is 2.25. The molecule has 0 aliphatic carbocycles. The van der Waals surface area contributed by atoms with Gasteiger partial charge in [-0.2, -0.15) is 0 Å². The van der Waals surface area contributed by atoms with Gasteiger partial charge in [-0.1, -0.05) is 16.7 Å². The molecule has 7 nitrogen and oxygen atoms in total. The molecule has 3 rings (SSSR count). The minimum Gasteiger partial charge on any atom is -0.459 e. The van der Waals surface area contributed by atoms with Crippen LogP contribution in [0.25, 0.3) is 11.7 Å². The van der Waals surface area contributed by atoms with Crippen molar-refractivity contribution in [1.29, 1.82) is 0 Å². The molecule has 0 radical (unpaired) electrons. The van der Waals surface area contributed by atoms with Crippen molar-refractivity contribution < 1.29 is 21.6 Å². The van der Waals surface area contributed by atoms with Crippen LogP contribution in [0.4, 0.5) is 10.4 Å². The number of anilines is 1. The predicted octanol–water partition coefficient (Wildman–Crippen LogP) is 2.92. The molecular weight excluding hydrogens is 337 g/mol. The van der Waals surface area contributed by atoms with E-state index in [-0.39, 0.29) is 27.6 Å². The summed E-state index contributed by atoms with van der Waals surface area (Å²) in [7, 11) is -4.09. The molecule has 0 aliphatic rings. The minimum absolute atomic E-state index is 0.00732. The number of rotatable bonds is 4. The lowest BCUT2D eigenvalue weighted by Crippen LogP contribution is -2.13. The molecule has 114 valence electrons. The lowest BCUT2D eigenvalue weighted by atomic mass is 10.3. The van der Waals surface area contributed by atoms with Gasteiger partial charge < -0.3 is 8.83 Å². The van der Waals surface area contributed by atoms with Crippen molar-refractivity contribution in [2.24, 2.45) is 0 Å². The highest BCUT2D eigenvalue weighted by atomic mass is 35.5. The van der Waals surface area contributed by atoms with Crippen LogP contribution < -0.4 is 4.72 Å². The molecule has 1 aromatic carbocycles. The Labute approximate surface area is 128 Å². The van der Waals surface area contributed by atoms with E-state index in [2.05, 4.69) is 14.9 Å². The monoisotopic (exact) mass is 343 g/mol. The van der Waals surface area contributed by atoms with Crippen molar-refractivity contribution in [2.45, 2.75) is 4.90 Å². The third-order valence-electron chi connectivity index (χ3n) is 2.56. The normalized spacial score (nSPS) is 11.5. The Morgan fingerprint density at radius 1 is 1.23 bits per heavy atom. The average molecular weight is 344 g/mol. The second-order valence-corrected chi connectivity index (χ2v) is 6.13. The Morgan fingerprint density at radius 3 is 2.73 bits per heavy atom. The zero-order valence-electron chi connectivity index (χ0n) is 10.7. The summed E-state index contributed by atoms with van der Waals surface area (Å²) in [6.07, 6.45) is 1.40. The minimum atomic E-state index is -4.09. The fourth-order valence-corrected chi connectivity index (χ4v) is 3.08. The number of hydrogen-bond donors (Lipinski definition) is 1. The molecule has 0 saturated heterocycles. The van der Waals surface area contributed by atoms with Crippen molar-refractivity contribution in [3.05, 3.63) is 47.4 Å². The van der Waals surface area contributed by atoms with Crippen molar-refractivity contribution in [3.8, 4) is 11.7 Å². The Kier molecular flexibility index (Phi) is 3.59. The molecule has 0 bridgehead atoms. The van der Waals surface area contributed by atoms with Crippen LogP contribution in [-0.2, 0) is 10.0 Å². The fourth-order valence-electron chi connectivity index (χ4n) is 1.63. The smallest absolute Gasteiger partial charge is 0.330 e. The van der Waals surface area contributed by atoms with Crippen molar-refractivity contribution in [1.82, 2.24) is 10.2 Å². The number of hydrogen-bond acceptors (Lipinski definition) is 6. The highest BCUT2D eigenvalue weighted by Gasteiger charge is 2.22. The van der Waals surface area contributed by atoms with E-state index in [1.165, 1.54) is 6.26 Å². The first kappa shape index (κ1) is 14.5. The van der Waals surface area contributed by atoms with Gasteiger partial charge in [0, 0.05) is 0 Å². The molecule has 2 aromatic heterocycles. The number of aromatic nitrogens is 2. The van der Waals surface area contributed by atoms with Crippen molar-refractivity contribution in [2.75, 3.05) is 4.72 Å². The van der Waals surface area contributed by atoms with E-state index in [0.717, 1.165) is 18.2 Å². The topological polar surface area (TPSA) is 98.2 Å². The molecule has 0 atom stereocenters. The molecule has 2 heterocycles. The van der Waals surface area contributed by atoms with Crippen molar-refractivity contribution >= 4 is 27.6 Å². The van der Waals surface area contributed by atoms with Crippen molar-refractivity contribution in [3.63, 3.8) is 0 Å². The zero-order chi connectivity index (χ0) is 15.7. The summed E-state index contributed by atoms with van der Waals surface area (Å²) < 4.78 is 49.5. The molecule has 0 aliphatic heterocycles. The second-order valence-electron chi connectivity index (χ2n) is 4.07. The Morgan fingerprint density at radius 2 is 2.05 bits per heavy atom. The quantitative estimate of drug-likeness (QED) is 0.782. The summed E-state index contributed by atoms with van der Waals surface area (Å²) in [4.78, 5) is -0.312. The van der Waals surface area contributed by atoms with Gasteiger partial charge in [-0.25, -0.2) is 17.5 Å². The van der Waals surface area contributed by atoms with Crippen LogP contribution >= 0.6 is 11.6 Å². The SMILES string of the molecule is O=S(=O)(Nc1nnc(-c2ccco2)o1)c1ccc(F)cc1Cl. The maximum Gasteiger partial charge on any atom is 0.330 e. The first-order valence-electron chi connectivity index (χ1n) is 5.81. The lowest BCUT2D eigenvalue weighted by Gasteiger charge is -2.05. The predicted molar refractivity (Wildman–Crippen MR) is 74.2 cm³/mol. The van der Waals surface area contributed by atoms with Gasteiger partial charge in [0.15, 0.2) is 5.76 Å². The maximum absolute atomic E-state index is 13.0. The molecule has 0 spiro atoms. The van der Waals surface area contributed by atoms with Crippen LogP contribution in [0.15, 0.2) is 50.3 Å². The lowest BCUT2D eigenvalue weighted by molar-refractivity contribution is 0.524. The fraction of sp³-hybridized carbons (Fsp3) is 0. The summed E-state index contributed by atoms with van der Waals surface area (Å²) >= 11 is 5.73. The third kappa shape index (κ3) is 2.81. The molecule has 0 unspecified atom stereocenters. The van der Waals surface area contributed by atoms with Gasteiger partial charge in [-0.05, 0) is 30.3 Å².